The number of rotatable bonds is 3. The van der Waals surface area contributed by atoms with Gasteiger partial charge in [0.1, 0.15) is 34.6 Å². The van der Waals surface area contributed by atoms with Crippen molar-refractivity contribution < 1.29 is 23.0 Å². The Hall–Kier alpha value is -2.54. The lowest BCUT2D eigenvalue weighted by molar-refractivity contribution is 0.122. The van der Waals surface area contributed by atoms with Crippen molar-refractivity contribution in [2.75, 3.05) is 31.2 Å². The Kier molecular flexibility index (Phi) is 4.44. The minimum absolute atomic E-state index is 0.0533. The maximum Gasteiger partial charge on any atom is 0.149 e. The Bertz CT molecular complexity index is 766. The lowest BCUT2D eigenvalue weighted by Crippen LogP contribution is -2.36. The molecule has 1 aliphatic heterocycles. The fourth-order valence-corrected chi connectivity index (χ4v) is 2.57. The van der Waals surface area contributed by atoms with Gasteiger partial charge in [-0.3, -0.25) is 0 Å². The third-order valence-corrected chi connectivity index (χ3v) is 3.78. The number of halogens is 3. The van der Waals surface area contributed by atoms with Crippen molar-refractivity contribution >= 4 is 11.4 Å². The zero-order chi connectivity index (χ0) is 17.3. The highest BCUT2D eigenvalue weighted by molar-refractivity contribution is 5.67. The highest BCUT2D eigenvalue weighted by Crippen LogP contribution is 2.31. The Morgan fingerprint density at radius 1 is 1.08 bits per heavy atom. The molecule has 2 aromatic rings. The predicted molar refractivity (Wildman–Crippen MR) is 84.2 cm³/mol. The summed E-state index contributed by atoms with van der Waals surface area (Å²) in [5, 5.41) is 9.35. The molecule has 24 heavy (non-hydrogen) atoms. The minimum atomic E-state index is -0.927. The van der Waals surface area contributed by atoms with E-state index < -0.39 is 34.5 Å². The Balaban J connectivity index is 2.06. The number of morpholine rings is 1. The van der Waals surface area contributed by atoms with Crippen LogP contribution in [0.4, 0.5) is 18.9 Å². The number of hydrogen-bond donors (Lipinski definition) is 1. The first-order valence-corrected chi connectivity index (χ1v) is 7.34. The van der Waals surface area contributed by atoms with E-state index in [-0.39, 0.29) is 5.69 Å². The van der Waals surface area contributed by atoms with Crippen LogP contribution in [0, 0.1) is 17.5 Å². The molecule has 1 aliphatic rings. The van der Waals surface area contributed by atoms with Gasteiger partial charge in [-0.15, -0.1) is 0 Å². The van der Waals surface area contributed by atoms with Crippen molar-refractivity contribution in [1.82, 2.24) is 4.98 Å². The molecule has 0 unspecified atom stereocenters. The number of nitrogens with zero attached hydrogens (tertiary/aromatic N) is 2. The summed E-state index contributed by atoms with van der Waals surface area (Å²) in [6, 6.07) is 4.45. The lowest BCUT2D eigenvalue weighted by Gasteiger charge is -2.29. The van der Waals surface area contributed by atoms with Crippen molar-refractivity contribution in [3.05, 3.63) is 54.0 Å². The molecule has 1 saturated heterocycles. The second kappa shape index (κ2) is 6.52. The molecule has 0 atom stereocenters. The molecule has 7 heteroatoms. The van der Waals surface area contributed by atoms with Crippen LogP contribution in [0.1, 0.15) is 5.69 Å². The summed E-state index contributed by atoms with van der Waals surface area (Å²) in [4.78, 5) is 5.55. The van der Waals surface area contributed by atoms with E-state index in [1.54, 1.807) is 4.90 Å². The van der Waals surface area contributed by atoms with Crippen LogP contribution in [0.3, 0.4) is 0 Å². The lowest BCUT2D eigenvalue weighted by atomic mass is 10.1. The van der Waals surface area contributed by atoms with Crippen molar-refractivity contribution in [3.8, 4) is 11.3 Å². The van der Waals surface area contributed by atoms with Crippen molar-refractivity contribution in [1.29, 1.82) is 0 Å². The normalized spacial score (nSPS) is 14.7. The smallest absolute Gasteiger partial charge is 0.149 e. The second-order valence-corrected chi connectivity index (χ2v) is 5.36. The van der Waals surface area contributed by atoms with Crippen LogP contribution in [0.2, 0.25) is 0 Å². The number of anilines is 1. The number of ether oxygens (including phenoxy) is 1. The summed E-state index contributed by atoms with van der Waals surface area (Å²) < 4.78 is 48.2. The number of pyridine rings is 1. The minimum Gasteiger partial charge on any atom is -0.506 e. The molecule has 0 amide bonds. The number of aliphatic hydroxyl groups is 1. The molecule has 0 aliphatic carbocycles. The molecule has 2 heterocycles. The van der Waals surface area contributed by atoms with Crippen LogP contribution in [0.15, 0.2) is 30.8 Å². The van der Waals surface area contributed by atoms with Crippen LogP contribution in [0.5, 0.6) is 0 Å². The zero-order valence-electron chi connectivity index (χ0n) is 12.7. The van der Waals surface area contributed by atoms with E-state index in [1.807, 2.05) is 0 Å². The molecule has 3 rings (SSSR count). The Morgan fingerprint density at radius 2 is 1.71 bits per heavy atom. The van der Waals surface area contributed by atoms with Gasteiger partial charge < -0.3 is 14.7 Å². The number of aromatic nitrogens is 1. The average Bonchev–Trinajstić information content (AvgIpc) is 2.56. The van der Waals surface area contributed by atoms with Gasteiger partial charge in [-0.25, -0.2) is 18.2 Å². The summed E-state index contributed by atoms with van der Waals surface area (Å²) >= 11 is 0. The highest BCUT2D eigenvalue weighted by Gasteiger charge is 2.21. The van der Waals surface area contributed by atoms with Crippen LogP contribution in [-0.2, 0) is 4.74 Å². The van der Waals surface area contributed by atoms with Gasteiger partial charge in [-0.2, -0.15) is 0 Å². The molecule has 0 saturated carbocycles. The Labute approximate surface area is 136 Å². The van der Waals surface area contributed by atoms with Gasteiger partial charge in [-0.05, 0) is 24.3 Å². The van der Waals surface area contributed by atoms with Gasteiger partial charge in [0.15, 0.2) is 0 Å². The monoisotopic (exact) mass is 336 g/mol. The summed E-state index contributed by atoms with van der Waals surface area (Å²) in [5.41, 5.74) is -0.776. The largest absolute Gasteiger partial charge is 0.506 e. The standard InChI is InChI=1S/C17H15F3N2O2/c1-10(23)15-3-2-12(18)17(21-15)16-13(19)8-11(9-14(16)20)22-4-6-24-7-5-22/h2-3,8-9,23H,1,4-7H2. The van der Waals surface area contributed by atoms with Gasteiger partial charge in [0.05, 0.1) is 18.8 Å². The topological polar surface area (TPSA) is 45.6 Å². The molecule has 126 valence electrons. The van der Waals surface area contributed by atoms with E-state index in [2.05, 4.69) is 11.6 Å². The fourth-order valence-electron chi connectivity index (χ4n) is 2.57. The van der Waals surface area contributed by atoms with Gasteiger partial charge in [-0.1, -0.05) is 6.58 Å². The average molecular weight is 336 g/mol. The molecule has 0 radical (unpaired) electrons. The SMILES string of the molecule is C=C(O)c1ccc(F)c(-c2c(F)cc(N3CCOCC3)cc2F)n1. The first-order valence-electron chi connectivity index (χ1n) is 7.34. The number of benzene rings is 1. The molecule has 0 bridgehead atoms. The molecule has 4 nitrogen and oxygen atoms in total. The highest BCUT2D eigenvalue weighted by atomic mass is 19.1. The van der Waals surface area contributed by atoms with Crippen LogP contribution >= 0.6 is 0 Å². The van der Waals surface area contributed by atoms with Crippen molar-refractivity contribution in [2.24, 2.45) is 0 Å². The first-order chi connectivity index (χ1) is 11.5. The molecule has 1 N–H and O–H groups in total. The zero-order valence-corrected chi connectivity index (χ0v) is 12.7. The van der Waals surface area contributed by atoms with Gasteiger partial charge in [0.2, 0.25) is 0 Å². The van der Waals surface area contributed by atoms with E-state index in [1.165, 1.54) is 6.07 Å². The summed E-state index contributed by atoms with van der Waals surface area (Å²) in [6.07, 6.45) is 0. The van der Waals surface area contributed by atoms with Crippen molar-refractivity contribution in [2.45, 2.75) is 0 Å². The molecule has 1 fully saturated rings. The van der Waals surface area contributed by atoms with Gasteiger partial charge in [0, 0.05) is 18.8 Å². The fraction of sp³-hybridized carbons (Fsp3) is 0.235. The quantitative estimate of drug-likeness (QED) is 0.871. The molecular formula is C17H15F3N2O2. The summed E-state index contributed by atoms with van der Waals surface area (Å²) in [7, 11) is 0. The molecular weight excluding hydrogens is 321 g/mol. The van der Waals surface area contributed by atoms with E-state index in [9.17, 15) is 18.3 Å². The first kappa shape index (κ1) is 16.3. The molecule has 0 spiro atoms. The summed E-state index contributed by atoms with van der Waals surface area (Å²) in [5.74, 6) is -3.16. The number of aliphatic hydroxyl groups excluding tert-OH is 1. The van der Waals surface area contributed by atoms with Gasteiger partial charge in [0.25, 0.3) is 0 Å². The van der Waals surface area contributed by atoms with E-state index in [4.69, 9.17) is 4.74 Å². The van der Waals surface area contributed by atoms with Crippen molar-refractivity contribution in [3.63, 3.8) is 0 Å². The third kappa shape index (κ3) is 3.07. The molecule has 1 aromatic heterocycles. The third-order valence-electron chi connectivity index (χ3n) is 3.78. The van der Waals surface area contributed by atoms with Crippen LogP contribution < -0.4 is 4.90 Å². The van der Waals surface area contributed by atoms with Crippen LogP contribution in [0.25, 0.3) is 17.0 Å². The van der Waals surface area contributed by atoms with E-state index in [0.717, 1.165) is 18.2 Å². The van der Waals surface area contributed by atoms with E-state index >= 15 is 0 Å². The predicted octanol–water partition coefficient (Wildman–Crippen LogP) is 3.53. The second-order valence-electron chi connectivity index (χ2n) is 5.36. The van der Waals surface area contributed by atoms with Gasteiger partial charge >= 0.3 is 0 Å². The van der Waals surface area contributed by atoms with E-state index in [0.29, 0.717) is 32.0 Å². The molecule has 1 aromatic carbocycles. The van der Waals surface area contributed by atoms with Crippen LogP contribution in [-0.4, -0.2) is 36.4 Å². The number of hydrogen-bond acceptors (Lipinski definition) is 4. The summed E-state index contributed by atoms with van der Waals surface area (Å²) in [6.45, 7) is 5.26. The maximum absolute atomic E-state index is 14.5. The Morgan fingerprint density at radius 3 is 2.29 bits per heavy atom. The maximum atomic E-state index is 14.5.